The number of hydrogen-bond donors (Lipinski definition) is 8. The predicted molar refractivity (Wildman–Crippen MR) is 133 cm³/mol. The van der Waals surface area contributed by atoms with E-state index in [1.54, 1.807) is 0 Å². The number of rotatable bonds is 8. The number of hydrogen-bond acceptors (Lipinski definition) is 9. The van der Waals surface area contributed by atoms with E-state index in [0.717, 1.165) is 10.9 Å². The average molecular weight is 574 g/mol. The van der Waals surface area contributed by atoms with Crippen molar-refractivity contribution in [2.24, 2.45) is 0 Å². The summed E-state index contributed by atoms with van der Waals surface area (Å²) in [6.07, 6.45) is -4.10. The van der Waals surface area contributed by atoms with Crippen LogP contribution in [0.5, 0.6) is 0 Å². The normalized spacial score (nSPS) is 24.1. The van der Waals surface area contributed by atoms with Crippen molar-refractivity contribution >= 4 is 60.4 Å². The molecule has 1 saturated heterocycles. The number of H-pyrrole nitrogens is 1. The van der Waals surface area contributed by atoms with E-state index in [2.05, 4.69) is 30.3 Å². The highest BCUT2D eigenvalue weighted by Crippen LogP contribution is 2.52. The molecule has 0 spiro atoms. The Labute approximate surface area is 213 Å². The minimum Gasteiger partial charge on any atom is -0.387 e. The number of aromatic amines is 1. The minimum absolute atomic E-state index is 0.127. The first-order valence-electron chi connectivity index (χ1n) is 10.8. The van der Waals surface area contributed by atoms with E-state index in [9.17, 15) is 24.2 Å². The summed E-state index contributed by atoms with van der Waals surface area (Å²) < 4.78 is 30.1. The van der Waals surface area contributed by atoms with Crippen LogP contribution in [0, 0.1) is 0 Å². The monoisotopic (exact) mass is 573 g/mol. The van der Waals surface area contributed by atoms with Crippen LogP contribution in [0.2, 0.25) is 5.28 Å². The van der Waals surface area contributed by atoms with Crippen LogP contribution in [0.4, 0.5) is 11.6 Å². The van der Waals surface area contributed by atoms with Gasteiger partial charge in [0.15, 0.2) is 23.2 Å². The first-order chi connectivity index (χ1) is 17.4. The molecule has 8 N–H and O–H groups in total. The molecule has 1 aliphatic rings. The molecule has 1 aromatic carbocycles. The van der Waals surface area contributed by atoms with Gasteiger partial charge in [0, 0.05) is 17.4 Å². The van der Waals surface area contributed by atoms with E-state index in [-0.39, 0.29) is 22.3 Å². The summed E-state index contributed by atoms with van der Waals surface area (Å²) in [5, 5.41) is 27.1. The van der Waals surface area contributed by atoms with Crippen LogP contribution >= 0.6 is 26.7 Å². The third-order valence-electron chi connectivity index (χ3n) is 5.70. The summed E-state index contributed by atoms with van der Waals surface area (Å²) in [4.78, 5) is 43.6. The van der Waals surface area contributed by atoms with Crippen LogP contribution in [-0.2, 0) is 13.9 Å². The minimum atomic E-state index is -4.77. The molecule has 0 aliphatic carbocycles. The number of aliphatic hydroxyl groups is 2. The molecule has 5 rings (SSSR count). The number of aliphatic hydroxyl groups excluding tert-OH is 2. The van der Waals surface area contributed by atoms with Crippen molar-refractivity contribution in [3.05, 3.63) is 41.9 Å². The number of aromatic nitrogens is 5. The van der Waals surface area contributed by atoms with Gasteiger partial charge in [0.05, 0.1) is 6.33 Å². The fraction of sp³-hybridized carbons (Fsp3) is 0.316. The number of anilines is 2. The first kappa shape index (κ1) is 26.2. The third-order valence-corrected chi connectivity index (χ3v) is 9.56. The van der Waals surface area contributed by atoms with Crippen molar-refractivity contribution < 1.29 is 38.8 Å². The van der Waals surface area contributed by atoms with Gasteiger partial charge in [0.2, 0.25) is 5.28 Å². The Kier molecular flexibility index (Phi) is 6.88. The lowest BCUT2D eigenvalue weighted by atomic mass is 10.1. The van der Waals surface area contributed by atoms with Gasteiger partial charge in [-0.2, -0.15) is 9.97 Å². The van der Waals surface area contributed by atoms with Gasteiger partial charge in [-0.3, -0.25) is 13.7 Å². The van der Waals surface area contributed by atoms with E-state index in [4.69, 9.17) is 26.1 Å². The van der Waals surface area contributed by atoms with Crippen molar-refractivity contribution in [1.82, 2.24) is 29.6 Å². The maximum atomic E-state index is 12.0. The molecule has 1 aliphatic heterocycles. The number of halogens is 1. The lowest BCUT2D eigenvalue weighted by Crippen LogP contribution is -2.37. The molecule has 0 radical (unpaired) electrons. The summed E-state index contributed by atoms with van der Waals surface area (Å²) in [6.45, 7) is -0.474. The van der Waals surface area contributed by atoms with Gasteiger partial charge in [-0.15, -0.1) is 0 Å². The van der Waals surface area contributed by atoms with E-state index in [1.165, 1.54) is 10.9 Å². The molecule has 1 fully saturated rings. The molecule has 15 nitrogen and oxygen atoms in total. The molecular formula is C19H22ClN7O8P2. The number of ether oxygens (including phenoxy) is 1. The molecule has 4 heterocycles. The Balaban J connectivity index is 1.38. The second-order valence-electron chi connectivity index (χ2n) is 8.48. The summed E-state index contributed by atoms with van der Waals surface area (Å²) >= 11 is 6.15. The molecule has 0 saturated carbocycles. The number of benzene rings is 1. The summed E-state index contributed by atoms with van der Waals surface area (Å²) in [5.74, 6) is -0.401. The van der Waals surface area contributed by atoms with Crippen LogP contribution in [0.15, 0.2) is 36.7 Å². The molecule has 37 heavy (non-hydrogen) atoms. The number of fused-ring (bicyclic) bond motifs is 2. The number of nitrogens with zero attached hydrogens (tertiary/aromatic N) is 4. The van der Waals surface area contributed by atoms with Crippen molar-refractivity contribution in [3.8, 4) is 0 Å². The average Bonchev–Trinajstić information content (AvgIpc) is 3.47. The second kappa shape index (κ2) is 9.71. The Morgan fingerprint density at radius 3 is 2.62 bits per heavy atom. The lowest BCUT2D eigenvalue weighted by molar-refractivity contribution is -0.0331. The van der Waals surface area contributed by atoms with Gasteiger partial charge in [-0.25, -0.2) is 10.1 Å². The molecule has 18 heteroatoms. The van der Waals surface area contributed by atoms with Gasteiger partial charge in [0.25, 0.3) is 7.52 Å². The smallest absolute Gasteiger partial charge is 0.336 e. The molecular weight excluding hydrogens is 552 g/mol. The van der Waals surface area contributed by atoms with E-state index >= 15 is 0 Å². The summed E-state index contributed by atoms with van der Waals surface area (Å²) in [7, 11) is -9.22. The SMILES string of the molecule is O=P(O)(O)CP(=O)(O)NC[C@H]1O[C@@H](n2cnc3c(Nc4cc5ccccc5[nH]4)nc(Cl)nc32)C(O)C1O. The fourth-order valence-corrected chi connectivity index (χ4v) is 7.12. The van der Waals surface area contributed by atoms with Gasteiger partial charge in [0.1, 0.15) is 30.0 Å². The summed E-state index contributed by atoms with van der Waals surface area (Å²) in [6, 6.07) is 9.52. The predicted octanol–water partition coefficient (Wildman–Crippen LogP) is 1.23. The Morgan fingerprint density at radius 1 is 1.14 bits per heavy atom. The molecule has 5 atom stereocenters. The Hall–Kier alpha value is -2.42. The van der Waals surface area contributed by atoms with Gasteiger partial charge in [-0.1, -0.05) is 18.2 Å². The molecule has 4 aromatic rings. The van der Waals surface area contributed by atoms with E-state index in [1.807, 2.05) is 30.3 Å². The fourth-order valence-electron chi connectivity index (χ4n) is 4.09. The third kappa shape index (κ3) is 5.56. The number of para-hydroxylation sites is 1. The van der Waals surface area contributed by atoms with Crippen molar-refractivity contribution in [1.29, 1.82) is 0 Å². The van der Waals surface area contributed by atoms with E-state index < -0.39 is 52.1 Å². The quantitative estimate of drug-likeness (QED) is 0.110. The topological polar surface area (TPSA) is 228 Å². The summed E-state index contributed by atoms with van der Waals surface area (Å²) in [5.41, 5.74) is 1.37. The maximum absolute atomic E-state index is 12.0. The lowest BCUT2D eigenvalue weighted by Gasteiger charge is -2.19. The van der Waals surface area contributed by atoms with Gasteiger partial charge >= 0.3 is 7.60 Å². The standard InChI is InChI=1S/C19H22ClN7O8P2/c20-19-25-16(24-12-5-9-3-1-2-4-10(9)23-12)13-17(26-19)27(7-21-13)18-15(29)14(28)11(35-18)6-22-36(30,31)8-37(32,33)34/h1-5,7,11,14-15,18,23,28-29H,6,8H2,(H2,22,30,31)(H,24,25,26)(H2,32,33,34)/t11-,14?,15?,18-/m1/s1. The number of nitrogens with one attached hydrogen (secondary N) is 3. The first-order valence-corrected chi connectivity index (χ1v) is 14.8. The molecule has 3 unspecified atom stereocenters. The van der Waals surface area contributed by atoms with Gasteiger partial charge in [-0.05, 0) is 23.7 Å². The van der Waals surface area contributed by atoms with Crippen LogP contribution in [0.3, 0.4) is 0 Å². The van der Waals surface area contributed by atoms with Crippen LogP contribution in [0.25, 0.3) is 22.1 Å². The van der Waals surface area contributed by atoms with Crippen molar-refractivity contribution in [3.63, 3.8) is 0 Å². The highest BCUT2D eigenvalue weighted by atomic mass is 35.5. The van der Waals surface area contributed by atoms with Crippen LogP contribution < -0.4 is 10.4 Å². The van der Waals surface area contributed by atoms with Crippen LogP contribution in [-0.4, -0.2) is 80.2 Å². The Bertz CT molecular complexity index is 1530. The van der Waals surface area contributed by atoms with Crippen LogP contribution in [0.1, 0.15) is 6.23 Å². The van der Waals surface area contributed by atoms with E-state index in [0.29, 0.717) is 5.82 Å². The zero-order valence-electron chi connectivity index (χ0n) is 18.7. The zero-order chi connectivity index (χ0) is 26.5. The van der Waals surface area contributed by atoms with Gasteiger partial charge < -0.3 is 39.9 Å². The molecule has 0 amide bonds. The largest absolute Gasteiger partial charge is 0.387 e. The maximum Gasteiger partial charge on any atom is 0.336 e. The molecule has 3 aromatic heterocycles. The highest BCUT2D eigenvalue weighted by Gasteiger charge is 2.45. The second-order valence-corrected chi connectivity index (χ2v) is 13.0. The molecule has 0 bridgehead atoms. The highest BCUT2D eigenvalue weighted by molar-refractivity contribution is 7.71. The van der Waals surface area contributed by atoms with Crippen molar-refractivity contribution in [2.45, 2.75) is 24.5 Å². The number of imidazole rings is 1. The Morgan fingerprint density at radius 2 is 1.89 bits per heavy atom. The van der Waals surface area contributed by atoms with Crippen molar-refractivity contribution in [2.75, 3.05) is 17.8 Å². The molecule has 198 valence electrons. The zero-order valence-corrected chi connectivity index (χ0v) is 21.3.